The molecule has 106 valence electrons. The zero-order valence-electron chi connectivity index (χ0n) is 10.9. The van der Waals surface area contributed by atoms with Crippen LogP contribution >= 0.6 is 15.9 Å². The molecule has 1 N–H and O–H groups in total. The van der Waals surface area contributed by atoms with E-state index >= 15 is 0 Å². The van der Waals surface area contributed by atoms with Crippen molar-refractivity contribution >= 4 is 27.8 Å². The number of ketones is 1. The van der Waals surface area contributed by atoms with Crippen molar-refractivity contribution in [1.82, 2.24) is 0 Å². The molecule has 0 atom stereocenters. The standard InChI is InChI=1S/C16H11BrO4/c17-11-3-5-14(19)12(8-11)13(18)4-1-10-2-6-15-16(7-10)21-9-20-15/h1-8,19H,9H2/b4-1+. The van der Waals surface area contributed by atoms with Crippen molar-refractivity contribution in [3.63, 3.8) is 0 Å². The summed E-state index contributed by atoms with van der Waals surface area (Å²) < 4.78 is 11.2. The van der Waals surface area contributed by atoms with E-state index in [-0.39, 0.29) is 23.9 Å². The maximum Gasteiger partial charge on any atom is 0.231 e. The lowest BCUT2D eigenvalue weighted by atomic mass is 10.1. The Hall–Kier alpha value is -2.27. The van der Waals surface area contributed by atoms with Crippen LogP contribution in [0.2, 0.25) is 0 Å². The number of phenolic OH excluding ortho intramolecular Hbond substituents is 1. The molecular weight excluding hydrogens is 336 g/mol. The highest BCUT2D eigenvalue weighted by atomic mass is 79.9. The van der Waals surface area contributed by atoms with Crippen molar-refractivity contribution in [1.29, 1.82) is 0 Å². The van der Waals surface area contributed by atoms with Crippen LogP contribution in [0, 0.1) is 0 Å². The summed E-state index contributed by atoms with van der Waals surface area (Å²) in [5.74, 6) is 1.04. The van der Waals surface area contributed by atoms with Crippen molar-refractivity contribution in [3.05, 3.63) is 58.1 Å². The van der Waals surface area contributed by atoms with Crippen molar-refractivity contribution < 1.29 is 19.4 Å². The number of aromatic hydroxyl groups is 1. The molecular formula is C16H11BrO4. The second-order valence-corrected chi connectivity index (χ2v) is 5.39. The molecule has 1 aliphatic rings. The molecule has 5 heteroatoms. The van der Waals surface area contributed by atoms with Gasteiger partial charge in [0.05, 0.1) is 5.56 Å². The molecule has 0 unspecified atom stereocenters. The van der Waals surface area contributed by atoms with E-state index in [1.165, 1.54) is 12.1 Å². The molecule has 0 amide bonds. The molecule has 0 radical (unpaired) electrons. The highest BCUT2D eigenvalue weighted by molar-refractivity contribution is 9.10. The van der Waals surface area contributed by atoms with Crippen LogP contribution in [0.4, 0.5) is 0 Å². The van der Waals surface area contributed by atoms with Crippen LogP contribution in [0.5, 0.6) is 17.2 Å². The third-order valence-corrected chi connectivity index (χ3v) is 3.54. The van der Waals surface area contributed by atoms with Gasteiger partial charge in [-0.1, -0.05) is 28.1 Å². The van der Waals surface area contributed by atoms with Gasteiger partial charge < -0.3 is 14.6 Å². The monoisotopic (exact) mass is 346 g/mol. The number of carbonyl (C=O) groups is 1. The Morgan fingerprint density at radius 1 is 1.14 bits per heavy atom. The molecule has 4 nitrogen and oxygen atoms in total. The van der Waals surface area contributed by atoms with E-state index in [2.05, 4.69) is 15.9 Å². The first-order valence-corrected chi connectivity index (χ1v) is 7.03. The van der Waals surface area contributed by atoms with Crippen molar-refractivity contribution in [2.45, 2.75) is 0 Å². The summed E-state index contributed by atoms with van der Waals surface area (Å²) in [6, 6.07) is 10.2. The van der Waals surface area contributed by atoms with Gasteiger partial charge in [-0.3, -0.25) is 4.79 Å². The van der Waals surface area contributed by atoms with E-state index in [0.29, 0.717) is 11.5 Å². The third-order valence-electron chi connectivity index (χ3n) is 3.05. The van der Waals surface area contributed by atoms with Crippen molar-refractivity contribution in [3.8, 4) is 17.2 Å². The summed E-state index contributed by atoms with van der Waals surface area (Å²) in [6.45, 7) is 0.216. The van der Waals surface area contributed by atoms with Crippen LogP contribution in [-0.4, -0.2) is 17.7 Å². The molecule has 1 aliphatic heterocycles. The Morgan fingerprint density at radius 3 is 2.81 bits per heavy atom. The highest BCUT2D eigenvalue weighted by Gasteiger charge is 2.13. The summed E-state index contributed by atoms with van der Waals surface area (Å²) in [5.41, 5.74) is 1.07. The number of rotatable bonds is 3. The zero-order chi connectivity index (χ0) is 14.8. The summed E-state index contributed by atoms with van der Waals surface area (Å²) in [5, 5.41) is 9.72. The Kier molecular flexibility index (Phi) is 3.66. The SMILES string of the molecule is O=C(/C=C/c1ccc2c(c1)OCO2)c1cc(Br)ccc1O. The van der Waals surface area contributed by atoms with E-state index in [1.807, 2.05) is 6.07 Å². The van der Waals surface area contributed by atoms with Gasteiger partial charge in [0.25, 0.3) is 0 Å². The summed E-state index contributed by atoms with van der Waals surface area (Å²) in [7, 11) is 0. The minimum absolute atomic E-state index is 0.0430. The van der Waals surface area contributed by atoms with E-state index in [1.54, 1.807) is 30.3 Å². The number of ether oxygens (including phenoxy) is 2. The summed E-state index contributed by atoms with van der Waals surface area (Å²) in [4.78, 5) is 12.1. The quantitative estimate of drug-likeness (QED) is 0.678. The minimum Gasteiger partial charge on any atom is -0.507 e. The van der Waals surface area contributed by atoms with E-state index in [0.717, 1.165) is 10.0 Å². The summed E-state index contributed by atoms with van der Waals surface area (Å²) in [6.07, 6.45) is 3.09. The number of hydrogen-bond donors (Lipinski definition) is 1. The largest absolute Gasteiger partial charge is 0.507 e. The lowest BCUT2D eigenvalue weighted by Crippen LogP contribution is -1.94. The summed E-state index contributed by atoms with van der Waals surface area (Å²) >= 11 is 3.28. The molecule has 0 saturated heterocycles. The molecule has 1 heterocycles. The predicted octanol–water partition coefficient (Wildman–Crippen LogP) is 3.78. The van der Waals surface area contributed by atoms with Gasteiger partial charge in [-0.2, -0.15) is 0 Å². The van der Waals surface area contributed by atoms with Crippen LogP contribution in [0.15, 0.2) is 46.9 Å². The Bertz CT molecular complexity index is 737. The first kappa shape index (κ1) is 13.7. The molecule has 0 aliphatic carbocycles. The minimum atomic E-state index is -0.272. The Balaban J connectivity index is 1.82. The molecule has 0 saturated carbocycles. The normalized spacial score (nSPS) is 12.8. The van der Waals surface area contributed by atoms with Crippen molar-refractivity contribution in [2.75, 3.05) is 6.79 Å². The van der Waals surface area contributed by atoms with Crippen LogP contribution < -0.4 is 9.47 Å². The molecule has 0 aromatic heterocycles. The third kappa shape index (κ3) is 2.92. The van der Waals surface area contributed by atoms with Gasteiger partial charge in [-0.15, -0.1) is 0 Å². The number of carbonyl (C=O) groups excluding carboxylic acids is 1. The fraction of sp³-hybridized carbons (Fsp3) is 0.0625. The maximum atomic E-state index is 12.1. The molecule has 21 heavy (non-hydrogen) atoms. The van der Waals surface area contributed by atoms with Gasteiger partial charge in [0.2, 0.25) is 6.79 Å². The van der Waals surface area contributed by atoms with Gasteiger partial charge in [0, 0.05) is 4.47 Å². The second-order valence-electron chi connectivity index (χ2n) is 4.47. The van der Waals surface area contributed by atoms with Gasteiger partial charge >= 0.3 is 0 Å². The van der Waals surface area contributed by atoms with E-state index in [9.17, 15) is 9.90 Å². The smallest absolute Gasteiger partial charge is 0.231 e. The number of halogens is 1. The molecule has 2 aromatic rings. The molecule has 0 fully saturated rings. The van der Waals surface area contributed by atoms with Crippen LogP contribution in [-0.2, 0) is 0 Å². The van der Waals surface area contributed by atoms with Crippen LogP contribution in [0.25, 0.3) is 6.08 Å². The zero-order valence-corrected chi connectivity index (χ0v) is 12.5. The first-order valence-electron chi connectivity index (χ1n) is 6.24. The van der Waals surface area contributed by atoms with Crippen molar-refractivity contribution in [2.24, 2.45) is 0 Å². The second kappa shape index (κ2) is 5.61. The number of benzene rings is 2. The molecule has 0 bridgehead atoms. The Labute approximate surface area is 129 Å². The van der Waals surface area contributed by atoms with Gasteiger partial charge in [0.15, 0.2) is 17.3 Å². The number of allylic oxidation sites excluding steroid dienone is 1. The van der Waals surface area contributed by atoms with E-state index in [4.69, 9.17) is 9.47 Å². The van der Waals surface area contributed by atoms with Crippen LogP contribution in [0.1, 0.15) is 15.9 Å². The van der Waals surface area contributed by atoms with E-state index < -0.39 is 0 Å². The number of fused-ring (bicyclic) bond motifs is 1. The van der Waals surface area contributed by atoms with Gasteiger partial charge in [-0.25, -0.2) is 0 Å². The average molecular weight is 347 g/mol. The highest BCUT2D eigenvalue weighted by Crippen LogP contribution is 2.33. The van der Waals surface area contributed by atoms with Crippen LogP contribution in [0.3, 0.4) is 0 Å². The molecule has 2 aromatic carbocycles. The lowest BCUT2D eigenvalue weighted by molar-refractivity contribution is 0.104. The Morgan fingerprint density at radius 2 is 1.95 bits per heavy atom. The average Bonchev–Trinajstić information content (AvgIpc) is 2.94. The fourth-order valence-electron chi connectivity index (χ4n) is 1.98. The number of hydrogen-bond acceptors (Lipinski definition) is 4. The maximum absolute atomic E-state index is 12.1. The lowest BCUT2D eigenvalue weighted by Gasteiger charge is -2.01. The predicted molar refractivity (Wildman–Crippen MR) is 81.7 cm³/mol. The number of phenols is 1. The molecule has 3 rings (SSSR count). The topological polar surface area (TPSA) is 55.8 Å². The van der Waals surface area contributed by atoms with Gasteiger partial charge in [0.1, 0.15) is 5.75 Å². The fourth-order valence-corrected chi connectivity index (χ4v) is 2.35. The van der Waals surface area contributed by atoms with Gasteiger partial charge in [-0.05, 0) is 42.0 Å². The molecule has 0 spiro atoms. The first-order chi connectivity index (χ1) is 10.1.